The third-order valence-corrected chi connectivity index (χ3v) is 7.88. The number of benzene rings is 1. The SMILES string of the molecule is Nc1nc(NCc2ccc(-c3ccccc3O)nc2)c2nc(C3CCC(N)CC3)n(C3CCCC3)c2n1. The lowest BCUT2D eigenvalue weighted by atomic mass is 9.86. The van der Waals surface area contributed by atoms with Crippen molar-refractivity contribution in [1.29, 1.82) is 0 Å². The second-order valence-corrected chi connectivity index (χ2v) is 10.4. The summed E-state index contributed by atoms with van der Waals surface area (Å²) < 4.78 is 2.37. The summed E-state index contributed by atoms with van der Waals surface area (Å²) in [6, 6.07) is 11.8. The highest BCUT2D eigenvalue weighted by molar-refractivity contribution is 5.85. The number of hydrogen-bond acceptors (Lipinski definition) is 8. The Hall–Kier alpha value is -3.72. The first-order chi connectivity index (χ1) is 18.1. The Balaban J connectivity index is 1.30. The van der Waals surface area contributed by atoms with Crippen LogP contribution >= 0.6 is 0 Å². The lowest BCUT2D eigenvalue weighted by Gasteiger charge is -2.27. The van der Waals surface area contributed by atoms with Gasteiger partial charge in [0.2, 0.25) is 5.95 Å². The summed E-state index contributed by atoms with van der Waals surface area (Å²) in [7, 11) is 0. The molecular weight excluding hydrogens is 464 g/mol. The monoisotopic (exact) mass is 498 g/mol. The number of aromatic nitrogens is 5. The third-order valence-electron chi connectivity index (χ3n) is 7.88. The van der Waals surface area contributed by atoms with Gasteiger partial charge in [0.1, 0.15) is 11.6 Å². The van der Waals surface area contributed by atoms with Gasteiger partial charge in [-0.3, -0.25) is 4.98 Å². The van der Waals surface area contributed by atoms with E-state index in [1.165, 1.54) is 12.8 Å². The average Bonchev–Trinajstić information content (AvgIpc) is 3.56. The molecule has 6 N–H and O–H groups in total. The Labute approximate surface area is 216 Å². The molecule has 2 aliphatic rings. The van der Waals surface area contributed by atoms with Crippen LogP contribution in [0.1, 0.15) is 74.7 Å². The van der Waals surface area contributed by atoms with E-state index in [1.807, 2.05) is 30.5 Å². The van der Waals surface area contributed by atoms with E-state index in [1.54, 1.807) is 12.1 Å². The van der Waals surface area contributed by atoms with Crippen molar-refractivity contribution >= 4 is 22.9 Å². The number of phenolic OH excluding ortho intramolecular Hbond substituents is 1. The maximum atomic E-state index is 10.1. The molecule has 0 bridgehead atoms. The molecule has 0 atom stereocenters. The van der Waals surface area contributed by atoms with Gasteiger partial charge in [-0.05, 0) is 62.3 Å². The number of imidazole rings is 1. The summed E-state index contributed by atoms with van der Waals surface area (Å²) in [6.45, 7) is 0.517. The van der Waals surface area contributed by atoms with E-state index in [2.05, 4.69) is 24.8 Å². The van der Waals surface area contributed by atoms with Crippen molar-refractivity contribution in [3.63, 3.8) is 0 Å². The fourth-order valence-electron chi connectivity index (χ4n) is 5.88. The molecule has 9 heteroatoms. The molecule has 0 unspecified atom stereocenters. The molecule has 4 aromatic rings. The molecule has 2 saturated carbocycles. The standard InChI is InChI=1S/C28H34N8O/c29-19-12-10-18(11-13-19)26-33-24-25(34-28(30)35-27(24)36(26)20-5-1-2-6-20)32-16-17-9-14-22(31-15-17)21-7-3-4-8-23(21)37/h3-4,7-9,14-15,18-20,37H,1-2,5-6,10-13,16,29H2,(H3,30,32,34,35). The zero-order valence-corrected chi connectivity index (χ0v) is 21.0. The minimum atomic E-state index is 0.216. The molecule has 0 aliphatic heterocycles. The van der Waals surface area contributed by atoms with Crippen molar-refractivity contribution in [3.8, 4) is 17.0 Å². The predicted molar refractivity (Wildman–Crippen MR) is 145 cm³/mol. The molecule has 9 nitrogen and oxygen atoms in total. The van der Waals surface area contributed by atoms with Gasteiger partial charge in [-0.25, -0.2) is 4.98 Å². The Morgan fingerprint density at radius 1 is 0.946 bits per heavy atom. The van der Waals surface area contributed by atoms with E-state index in [9.17, 15) is 5.11 Å². The van der Waals surface area contributed by atoms with Gasteiger partial charge in [0.25, 0.3) is 0 Å². The number of fused-ring (bicyclic) bond motifs is 1. The van der Waals surface area contributed by atoms with E-state index in [0.717, 1.165) is 66.8 Å². The summed E-state index contributed by atoms with van der Waals surface area (Å²) >= 11 is 0. The minimum absolute atomic E-state index is 0.216. The first-order valence-corrected chi connectivity index (χ1v) is 13.3. The topological polar surface area (TPSA) is 141 Å². The van der Waals surface area contributed by atoms with E-state index < -0.39 is 0 Å². The van der Waals surface area contributed by atoms with Crippen LogP contribution in [-0.4, -0.2) is 35.7 Å². The van der Waals surface area contributed by atoms with Crippen LogP contribution in [0.15, 0.2) is 42.6 Å². The van der Waals surface area contributed by atoms with Crippen molar-refractivity contribution < 1.29 is 5.11 Å². The molecule has 192 valence electrons. The number of phenols is 1. The molecule has 2 aliphatic carbocycles. The van der Waals surface area contributed by atoms with Gasteiger partial charge >= 0.3 is 0 Å². The zero-order valence-electron chi connectivity index (χ0n) is 21.0. The van der Waals surface area contributed by atoms with Crippen LogP contribution < -0.4 is 16.8 Å². The molecule has 37 heavy (non-hydrogen) atoms. The van der Waals surface area contributed by atoms with Crippen LogP contribution in [0, 0.1) is 0 Å². The van der Waals surface area contributed by atoms with Gasteiger partial charge in [-0.15, -0.1) is 0 Å². The second kappa shape index (κ2) is 9.97. The van der Waals surface area contributed by atoms with Gasteiger partial charge in [0.15, 0.2) is 17.0 Å². The third kappa shape index (κ3) is 4.71. The molecule has 2 fully saturated rings. The number of anilines is 2. The number of pyridine rings is 1. The van der Waals surface area contributed by atoms with Crippen molar-refractivity contribution in [2.45, 2.75) is 75.9 Å². The predicted octanol–water partition coefficient (Wildman–Crippen LogP) is 4.89. The first kappa shape index (κ1) is 23.7. The molecule has 3 heterocycles. The van der Waals surface area contributed by atoms with E-state index >= 15 is 0 Å². The summed E-state index contributed by atoms with van der Waals surface area (Å²) in [5, 5.41) is 13.6. The van der Waals surface area contributed by atoms with Gasteiger partial charge < -0.3 is 26.5 Å². The maximum absolute atomic E-state index is 10.1. The number of rotatable bonds is 6. The lowest BCUT2D eigenvalue weighted by molar-refractivity contribution is 0.367. The Morgan fingerprint density at radius 3 is 2.46 bits per heavy atom. The number of nitrogen functional groups attached to an aromatic ring is 1. The Bertz CT molecular complexity index is 1390. The Morgan fingerprint density at radius 2 is 1.73 bits per heavy atom. The lowest BCUT2D eigenvalue weighted by Crippen LogP contribution is -2.27. The first-order valence-electron chi connectivity index (χ1n) is 13.3. The van der Waals surface area contributed by atoms with Crippen LogP contribution in [0.25, 0.3) is 22.4 Å². The van der Waals surface area contributed by atoms with Gasteiger partial charge in [-0.1, -0.05) is 31.0 Å². The normalized spacial score (nSPS) is 20.5. The van der Waals surface area contributed by atoms with E-state index in [4.69, 9.17) is 16.5 Å². The summed E-state index contributed by atoms with van der Waals surface area (Å²) in [4.78, 5) is 18.9. The molecule has 0 radical (unpaired) electrons. The Kier molecular flexibility index (Phi) is 6.38. The maximum Gasteiger partial charge on any atom is 0.224 e. The molecule has 0 saturated heterocycles. The second-order valence-electron chi connectivity index (χ2n) is 10.4. The van der Waals surface area contributed by atoms with Crippen molar-refractivity contribution in [3.05, 3.63) is 54.0 Å². The van der Waals surface area contributed by atoms with Crippen LogP contribution in [-0.2, 0) is 6.54 Å². The molecule has 1 aromatic carbocycles. The van der Waals surface area contributed by atoms with Gasteiger partial charge in [0.05, 0.1) is 5.69 Å². The van der Waals surface area contributed by atoms with Crippen LogP contribution in [0.3, 0.4) is 0 Å². The molecule has 0 amide bonds. The number of nitrogens with one attached hydrogen (secondary N) is 1. The fraction of sp³-hybridized carbons (Fsp3) is 0.429. The number of nitrogens with two attached hydrogens (primary N) is 2. The molecule has 0 spiro atoms. The van der Waals surface area contributed by atoms with Crippen LogP contribution in [0.2, 0.25) is 0 Å². The van der Waals surface area contributed by atoms with E-state index in [-0.39, 0.29) is 11.7 Å². The highest BCUT2D eigenvalue weighted by atomic mass is 16.3. The molecule has 6 rings (SSSR count). The van der Waals surface area contributed by atoms with Gasteiger partial charge in [0, 0.05) is 36.3 Å². The summed E-state index contributed by atoms with van der Waals surface area (Å²) in [5.74, 6) is 2.62. The number of para-hydroxylation sites is 1. The molecular formula is C28H34N8O. The smallest absolute Gasteiger partial charge is 0.224 e. The summed E-state index contributed by atoms with van der Waals surface area (Å²) in [6.07, 6.45) is 10.7. The van der Waals surface area contributed by atoms with Crippen LogP contribution in [0.5, 0.6) is 5.75 Å². The zero-order chi connectivity index (χ0) is 25.4. The fourth-order valence-corrected chi connectivity index (χ4v) is 5.88. The summed E-state index contributed by atoms with van der Waals surface area (Å²) in [5.41, 5.74) is 16.5. The average molecular weight is 499 g/mol. The van der Waals surface area contributed by atoms with Crippen LogP contribution in [0.4, 0.5) is 11.8 Å². The van der Waals surface area contributed by atoms with Crippen molar-refractivity contribution in [2.24, 2.45) is 5.73 Å². The highest BCUT2D eigenvalue weighted by Crippen LogP contribution is 2.40. The van der Waals surface area contributed by atoms with E-state index in [0.29, 0.717) is 35.9 Å². The number of aromatic hydroxyl groups is 1. The minimum Gasteiger partial charge on any atom is -0.507 e. The van der Waals surface area contributed by atoms with Gasteiger partial charge in [-0.2, -0.15) is 9.97 Å². The van der Waals surface area contributed by atoms with Crippen molar-refractivity contribution in [2.75, 3.05) is 11.1 Å². The number of hydrogen-bond donors (Lipinski definition) is 4. The quantitative estimate of drug-likeness (QED) is 0.294. The van der Waals surface area contributed by atoms with Crippen molar-refractivity contribution in [1.82, 2.24) is 24.5 Å². The largest absolute Gasteiger partial charge is 0.507 e. The molecule has 3 aromatic heterocycles. The number of nitrogens with zero attached hydrogens (tertiary/aromatic N) is 5. The highest BCUT2D eigenvalue weighted by Gasteiger charge is 2.31.